The van der Waals surface area contributed by atoms with Crippen molar-refractivity contribution >= 4 is 11.8 Å². The number of fused-ring (bicyclic) bond motifs is 4. The van der Waals surface area contributed by atoms with Crippen LogP contribution in [0, 0.1) is 57.2 Å². The van der Waals surface area contributed by atoms with Crippen LogP contribution in [0.4, 0.5) is 0 Å². The number of esters is 1. The minimum Gasteiger partial charge on any atom is -0.457 e. The highest BCUT2D eigenvalue weighted by atomic mass is 16.6. The minimum absolute atomic E-state index is 0.000957. The molecule has 6 nitrogen and oxygen atoms in total. The van der Waals surface area contributed by atoms with Crippen LogP contribution in [0.15, 0.2) is 0 Å². The Bertz CT molecular complexity index is 1050. The number of Topliss-reactive ketones (excluding diaryl/α,β-unsaturated/α-hetero) is 1. The van der Waals surface area contributed by atoms with Crippen molar-refractivity contribution in [3.63, 3.8) is 0 Å². The average Bonchev–Trinajstić information content (AvgIpc) is 3.29. The molecule has 0 amide bonds. The fraction of sp³-hybridized carbons (Fsp3) is 0.939. The second kappa shape index (κ2) is 8.53. The van der Waals surface area contributed by atoms with Crippen LogP contribution in [0.5, 0.6) is 0 Å². The lowest BCUT2D eigenvalue weighted by Crippen LogP contribution is -2.56. The Hall–Kier alpha value is -0.980. The lowest BCUT2D eigenvalue weighted by atomic mass is 9.46. The van der Waals surface area contributed by atoms with E-state index in [2.05, 4.69) is 34.6 Å². The highest BCUT2D eigenvalue weighted by Gasteiger charge is 2.85. The molecular formula is C33H52O6. The molecule has 13 atom stereocenters. The number of carbonyl (C=O) groups is 2. The summed E-state index contributed by atoms with van der Waals surface area (Å²) in [5.74, 6) is 1.78. The molecule has 0 radical (unpaired) electrons. The van der Waals surface area contributed by atoms with Crippen molar-refractivity contribution in [3.05, 3.63) is 0 Å². The summed E-state index contributed by atoms with van der Waals surface area (Å²) in [5.41, 5.74) is -0.981. The third kappa shape index (κ3) is 3.37. The molecule has 0 aromatic carbocycles. The van der Waals surface area contributed by atoms with E-state index >= 15 is 0 Å². The number of carbonyl (C=O) groups excluding carboxylic acids is 2. The number of aliphatic hydroxyl groups excluding tert-OH is 1. The van der Waals surface area contributed by atoms with Crippen molar-refractivity contribution in [2.75, 3.05) is 0 Å². The summed E-state index contributed by atoms with van der Waals surface area (Å²) in [5, 5.41) is 21.9. The van der Waals surface area contributed by atoms with Crippen LogP contribution >= 0.6 is 0 Å². The summed E-state index contributed by atoms with van der Waals surface area (Å²) in [7, 11) is 0. The highest BCUT2D eigenvalue weighted by molar-refractivity contribution is 5.90. The van der Waals surface area contributed by atoms with E-state index in [0.717, 1.165) is 32.1 Å². The summed E-state index contributed by atoms with van der Waals surface area (Å²) < 4.78 is 12.4. The number of ether oxygens (including phenoxy) is 2. The summed E-state index contributed by atoms with van der Waals surface area (Å²) in [4.78, 5) is 26.8. The maximum Gasteiger partial charge on any atom is 0.305 e. The van der Waals surface area contributed by atoms with Crippen molar-refractivity contribution in [3.8, 4) is 0 Å². The van der Waals surface area contributed by atoms with Crippen LogP contribution < -0.4 is 0 Å². The van der Waals surface area contributed by atoms with E-state index < -0.39 is 23.9 Å². The fourth-order valence-electron chi connectivity index (χ4n) is 12.4. The highest BCUT2D eigenvalue weighted by Crippen LogP contribution is 2.89. The van der Waals surface area contributed by atoms with Gasteiger partial charge in [0, 0.05) is 18.3 Å². The molecule has 0 aromatic heterocycles. The van der Waals surface area contributed by atoms with Gasteiger partial charge in [0.15, 0.2) is 11.9 Å². The topological polar surface area (TPSA) is 93.1 Å². The summed E-state index contributed by atoms with van der Waals surface area (Å²) in [6.45, 7) is 16.7. The van der Waals surface area contributed by atoms with Gasteiger partial charge in [0.25, 0.3) is 0 Å². The van der Waals surface area contributed by atoms with Crippen LogP contribution in [-0.2, 0) is 19.1 Å². The Morgan fingerprint density at radius 1 is 1.10 bits per heavy atom. The molecule has 220 valence electrons. The molecule has 0 bridgehead atoms. The number of rotatable bonds is 4. The van der Waals surface area contributed by atoms with Crippen LogP contribution in [-0.4, -0.2) is 52.0 Å². The van der Waals surface area contributed by atoms with E-state index in [1.54, 1.807) is 20.8 Å². The Labute approximate surface area is 235 Å². The number of hydrogen-bond donors (Lipinski definition) is 2. The minimum atomic E-state index is -1.27. The van der Waals surface area contributed by atoms with Crippen LogP contribution in [0.2, 0.25) is 0 Å². The van der Waals surface area contributed by atoms with E-state index in [1.807, 2.05) is 0 Å². The molecule has 6 rings (SSSR count). The molecule has 39 heavy (non-hydrogen) atoms. The van der Waals surface area contributed by atoms with Gasteiger partial charge in [-0.3, -0.25) is 9.59 Å². The first-order valence-corrected chi connectivity index (χ1v) is 15.9. The van der Waals surface area contributed by atoms with Crippen LogP contribution in [0.3, 0.4) is 0 Å². The molecule has 2 N–H and O–H groups in total. The Balaban J connectivity index is 1.32. The lowest BCUT2D eigenvalue weighted by Gasteiger charge is -2.59. The monoisotopic (exact) mass is 544 g/mol. The van der Waals surface area contributed by atoms with E-state index in [1.165, 1.54) is 6.42 Å². The van der Waals surface area contributed by atoms with E-state index in [4.69, 9.17) is 9.47 Å². The van der Waals surface area contributed by atoms with Gasteiger partial charge in [-0.05, 0) is 104 Å². The largest absolute Gasteiger partial charge is 0.457 e. The molecule has 0 aromatic rings. The van der Waals surface area contributed by atoms with Gasteiger partial charge in [-0.1, -0.05) is 41.5 Å². The zero-order chi connectivity index (χ0) is 28.5. The SMILES string of the molecule is CCC(=O)OC(C1CC(C)C2C(O1)C(=O)C1C3CCC4C(C)(C)C(O)CCC45C(C)C35CCC12C)C(C)(C)O. The number of ketones is 1. The number of aliphatic hydroxyl groups is 2. The van der Waals surface area contributed by atoms with Crippen molar-refractivity contribution in [2.24, 2.45) is 57.2 Å². The molecule has 1 heterocycles. The van der Waals surface area contributed by atoms with Crippen LogP contribution in [0.1, 0.15) is 107 Å². The molecular weight excluding hydrogens is 492 g/mol. The normalized spacial score (nSPS) is 52.5. The average molecular weight is 545 g/mol. The standard InChI is InChI=1S/C33H52O6/c1-9-23(35)39-28(30(6,7)37)20-16-17(2)24-27(38-20)26(36)25-19-10-11-21-29(4,5)22(34)12-13-33(21)18(3)32(19,33)15-14-31(24,25)8/h17-22,24-25,27-28,34,37H,9-16H2,1-8H3. The Kier molecular flexibility index (Phi) is 6.16. The number of hydrogen-bond acceptors (Lipinski definition) is 6. The summed E-state index contributed by atoms with van der Waals surface area (Å²) in [6.07, 6.45) is 5.24. The van der Waals surface area contributed by atoms with E-state index in [9.17, 15) is 19.8 Å². The molecule has 6 aliphatic rings. The zero-order valence-electron chi connectivity index (χ0n) is 25.5. The van der Waals surface area contributed by atoms with Gasteiger partial charge < -0.3 is 19.7 Å². The molecule has 2 spiro atoms. The van der Waals surface area contributed by atoms with Gasteiger partial charge in [0.1, 0.15) is 6.10 Å². The third-order valence-electron chi connectivity index (χ3n) is 14.0. The zero-order valence-corrected chi connectivity index (χ0v) is 25.5. The molecule has 13 unspecified atom stereocenters. The second-order valence-electron chi connectivity index (χ2n) is 16.1. The maximum absolute atomic E-state index is 14.5. The fourth-order valence-corrected chi connectivity index (χ4v) is 12.4. The predicted molar refractivity (Wildman–Crippen MR) is 148 cm³/mol. The maximum atomic E-state index is 14.5. The second-order valence-corrected chi connectivity index (χ2v) is 16.1. The van der Waals surface area contributed by atoms with Gasteiger partial charge in [-0.15, -0.1) is 0 Å². The van der Waals surface area contributed by atoms with Crippen molar-refractivity contribution < 1.29 is 29.3 Å². The quantitative estimate of drug-likeness (QED) is 0.466. The molecule has 1 aliphatic heterocycles. The van der Waals surface area contributed by atoms with Gasteiger partial charge in [-0.25, -0.2) is 0 Å². The summed E-state index contributed by atoms with van der Waals surface area (Å²) in [6, 6.07) is 0. The Morgan fingerprint density at radius 2 is 1.79 bits per heavy atom. The first kappa shape index (κ1) is 28.2. The Morgan fingerprint density at radius 3 is 2.44 bits per heavy atom. The van der Waals surface area contributed by atoms with Crippen molar-refractivity contribution in [1.29, 1.82) is 0 Å². The molecule has 5 saturated carbocycles. The van der Waals surface area contributed by atoms with Gasteiger partial charge in [-0.2, -0.15) is 0 Å². The molecule has 6 heteroatoms. The first-order chi connectivity index (χ1) is 18.1. The van der Waals surface area contributed by atoms with Crippen LogP contribution in [0.25, 0.3) is 0 Å². The van der Waals surface area contributed by atoms with Crippen molar-refractivity contribution in [1.82, 2.24) is 0 Å². The van der Waals surface area contributed by atoms with E-state index in [0.29, 0.717) is 24.2 Å². The smallest absolute Gasteiger partial charge is 0.305 e. The third-order valence-corrected chi connectivity index (χ3v) is 14.0. The van der Waals surface area contributed by atoms with E-state index in [-0.39, 0.29) is 63.7 Å². The predicted octanol–water partition coefficient (Wildman–Crippen LogP) is 5.32. The first-order valence-electron chi connectivity index (χ1n) is 15.9. The van der Waals surface area contributed by atoms with Gasteiger partial charge in [0.2, 0.25) is 0 Å². The van der Waals surface area contributed by atoms with Gasteiger partial charge in [0.05, 0.1) is 17.8 Å². The lowest BCUT2D eigenvalue weighted by molar-refractivity contribution is -0.208. The van der Waals surface area contributed by atoms with Gasteiger partial charge >= 0.3 is 5.97 Å². The molecule has 5 aliphatic carbocycles. The van der Waals surface area contributed by atoms with Crippen molar-refractivity contribution in [2.45, 2.75) is 137 Å². The molecule has 1 saturated heterocycles. The molecule has 6 fully saturated rings. The summed E-state index contributed by atoms with van der Waals surface area (Å²) >= 11 is 0.